The van der Waals surface area contributed by atoms with Crippen molar-refractivity contribution >= 4 is 32.4 Å². The quantitative estimate of drug-likeness (QED) is 0.474. The van der Waals surface area contributed by atoms with Gasteiger partial charge >= 0.3 is 10.2 Å². The van der Waals surface area contributed by atoms with Crippen molar-refractivity contribution in [2.45, 2.75) is 12.6 Å². The van der Waals surface area contributed by atoms with Gasteiger partial charge in [-0.3, -0.25) is 9.12 Å². The number of hydrogen-bond donors (Lipinski definition) is 1. The third-order valence-corrected chi connectivity index (χ3v) is 6.71. The Bertz CT molecular complexity index is 1530. The second-order valence-corrected chi connectivity index (χ2v) is 9.02. The van der Waals surface area contributed by atoms with Gasteiger partial charge in [0.15, 0.2) is 17.2 Å². The number of alkyl halides is 1. The van der Waals surface area contributed by atoms with Crippen LogP contribution in [0.3, 0.4) is 0 Å². The van der Waals surface area contributed by atoms with Gasteiger partial charge in [0, 0.05) is 18.5 Å². The molecule has 13 heteroatoms. The average molecular weight is 471 g/mol. The molecule has 1 aliphatic heterocycles. The monoisotopic (exact) mass is 471 g/mol. The Hall–Kier alpha value is -3.89. The molecule has 168 valence electrons. The molecule has 0 spiro atoms. The Kier molecular flexibility index (Phi) is 5.03. The van der Waals surface area contributed by atoms with Gasteiger partial charge in [0.05, 0.1) is 11.2 Å². The van der Waals surface area contributed by atoms with Gasteiger partial charge < -0.3 is 4.74 Å². The summed E-state index contributed by atoms with van der Waals surface area (Å²) in [6.45, 7) is -0.283. The maximum absolute atomic E-state index is 14.7. The molecule has 0 saturated carbocycles. The van der Waals surface area contributed by atoms with E-state index in [-0.39, 0.29) is 36.5 Å². The SMILES string of the molecule is N#Cc1c(NS(=O)(=O)N2CC[C@@H](F)C2)ccc(F)c1Oc1ccc2ncn3cnnc3c2c1. The Morgan fingerprint density at radius 1 is 1.24 bits per heavy atom. The summed E-state index contributed by atoms with van der Waals surface area (Å²) in [4.78, 5) is 4.27. The first-order valence-electron chi connectivity index (χ1n) is 9.76. The van der Waals surface area contributed by atoms with Crippen molar-refractivity contribution < 1.29 is 21.9 Å². The Morgan fingerprint density at radius 2 is 2.09 bits per heavy atom. The molecular weight excluding hydrogens is 456 g/mol. The highest BCUT2D eigenvalue weighted by Crippen LogP contribution is 2.35. The molecule has 2 aromatic heterocycles. The van der Waals surface area contributed by atoms with E-state index in [1.54, 1.807) is 28.9 Å². The zero-order chi connectivity index (χ0) is 23.2. The first kappa shape index (κ1) is 21.0. The zero-order valence-electron chi connectivity index (χ0n) is 16.8. The lowest BCUT2D eigenvalue weighted by atomic mass is 10.1. The lowest BCUT2D eigenvalue weighted by Crippen LogP contribution is -2.34. The largest absolute Gasteiger partial charge is 0.453 e. The number of anilines is 1. The van der Waals surface area contributed by atoms with E-state index in [1.165, 1.54) is 12.4 Å². The number of ether oxygens (including phenoxy) is 1. The van der Waals surface area contributed by atoms with Crippen molar-refractivity contribution in [2.75, 3.05) is 17.8 Å². The predicted molar refractivity (Wildman–Crippen MR) is 113 cm³/mol. The molecular formula is C20H15F2N7O3S. The van der Waals surface area contributed by atoms with Crippen LogP contribution in [0, 0.1) is 17.1 Å². The molecule has 3 heterocycles. The summed E-state index contributed by atoms with van der Waals surface area (Å²) >= 11 is 0. The van der Waals surface area contributed by atoms with Gasteiger partial charge in [-0.25, -0.2) is 13.8 Å². The third kappa shape index (κ3) is 3.79. The molecule has 1 atom stereocenters. The molecule has 1 fully saturated rings. The van der Waals surface area contributed by atoms with Crippen LogP contribution in [0.1, 0.15) is 12.0 Å². The molecule has 2 aromatic carbocycles. The summed E-state index contributed by atoms with van der Waals surface area (Å²) in [5.74, 6) is -1.14. The van der Waals surface area contributed by atoms with Gasteiger partial charge in [-0.1, -0.05) is 0 Å². The lowest BCUT2D eigenvalue weighted by molar-refractivity contribution is 0.343. The van der Waals surface area contributed by atoms with Crippen LogP contribution < -0.4 is 9.46 Å². The molecule has 0 unspecified atom stereocenters. The van der Waals surface area contributed by atoms with E-state index >= 15 is 0 Å². The highest BCUT2D eigenvalue weighted by Gasteiger charge is 2.32. The summed E-state index contributed by atoms with van der Waals surface area (Å²) in [6, 6.07) is 8.62. The molecule has 10 nitrogen and oxygen atoms in total. The summed E-state index contributed by atoms with van der Waals surface area (Å²) in [5.41, 5.74) is 0.568. The van der Waals surface area contributed by atoms with Crippen LogP contribution in [0.4, 0.5) is 14.5 Å². The van der Waals surface area contributed by atoms with Crippen molar-refractivity contribution in [1.29, 1.82) is 5.26 Å². The number of nitriles is 1. The van der Waals surface area contributed by atoms with Gasteiger partial charge in [0.1, 0.15) is 36.2 Å². The summed E-state index contributed by atoms with van der Waals surface area (Å²) in [7, 11) is -4.14. The third-order valence-electron chi connectivity index (χ3n) is 5.22. The van der Waals surface area contributed by atoms with Crippen LogP contribution >= 0.6 is 0 Å². The van der Waals surface area contributed by atoms with Crippen molar-refractivity contribution in [3.05, 3.63) is 54.4 Å². The first-order chi connectivity index (χ1) is 15.9. The number of nitrogens with zero attached hydrogens (tertiary/aromatic N) is 6. The Morgan fingerprint density at radius 3 is 2.85 bits per heavy atom. The number of nitrogens with one attached hydrogen (secondary N) is 1. The zero-order valence-corrected chi connectivity index (χ0v) is 17.6. The number of rotatable bonds is 5. The maximum Gasteiger partial charge on any atom is 0.301 e. The number of halogens is 2. The van der Waals surface area contributed by atoms with Crippen LogP contribution in [0.15, 0.2) is 43.0 Å². The average Bonchev–Trinajstić information content (AvgIpc) is 3.45. The van der Waals surface area contributed by atoms with E-state index in [4.69, 9.17) is 4.74 Å². The minimum absolute atomic E-state index is 0.00512. The van der Waals surface area contributed by atoms with Crippen molar-refractivity contribution in [3.8, 4) is 17.6 Å². The number of fused-ring (bicyclic) bond motifs is 3. The molecule has 0 aliphatic carbocycles. The van der Waals surface area contributed by atoms with E-state index in [1.807, 2.05) is 0 Å². The van der Waals surface area contributed by atoms with E-state index in [0.717, 1.165) is 16.4 Å². The predicted octanol–water partition coefficient (Wildman–Crippen LogP) is 2.78. The molecule has 5 rings (SSSR count). The van der Waals surface area contributed by atoms with Crippen molar-refractivity contribution in [1.82, 2.24) is 23.9 Å². The fraction of sp³-hybridized carbons (Fsp3) is 0.200. The lowest BCUT2D eigenvalue weighted by Gasteiger charge is -2.18. The summed E-state index contributed by atoms with van der Waals surface area (Å²) < 4.78 is 63.8. The van der Waals surface area contributed by atoms with Crippen molar-refractivity contribution in [2.24, 2.45) is 0 Å². The molecule has 0 amide bonds. The number of benzene rings is 2. The first-order valence-corrected chi connectivity index (χ1v) is 11.2. The van der Waals surface area contributed by atoms with Gasteiger partial charge in [-0.15, -0.1) is 10.2 Å². The van der Waals surface area contributed by atoms with Gasteiger partial charge in [-0.05, 0) is 36.8 Å². The molecule has 33 heavy (non-hydrogen) atoms. The molecule has 1 aliphatic rings. The molecule has 1 saturated heterocycles. The van der Waals surface area contributed by atoms with Crippen LogP contribution in [0.5, 0.6) is 11.5 Å². The van der Waals surface area contributed by atoms with Gasteiger partial charge in [0.2, 0.25) is 0 Å². The van der Waals surface area contributed by atoms with Gasteiger partial charge in [0.25, 0.3) is 0 Å². The topological polar surface area (TPSA) is 126 Å². The normalized spacial score (nSPS) is 16.8. The summed E-state index contributed by atoms with van der Waals surface area (Å²) in [6.07, 6.45) is 1.85. The van der Waals surface area contributed by atoms with Crippen molar-refractivity contribution in [3.63, 3.8) is 0 Å². The highest BCUT2D eigenvalue weighted by molar-refractivity contribution is 7.90. The smallest absolute Gasteiger partial charge is 0.301 e. The van der Waals surface area contributed by atoms with E-state index in [2.05, 4.69) is 19.9 Å². The molecule has 4 aromatic rings. The van der Waals surface area contributed by atoms with E-state index in [0.29, 0.717) is 16.6 Å². The van der Waals surface area contributed by atoms with E-state index < -0.39 is 27.9 Å². The van der Waals surface area contributed by atoms with Crippen LogP contribution in [-0.2, 0) is 10.2 Å². The Labute approximate surface area is 186 Å². The van der Waals surface area contributed by atoms with Crippen LogP contribution in [-0.4, -0.2) is 51.6 Å². The minimum atomic E-state index is -4.14. The van der Waals surface area contributed by atoms with Crippen LogP contribution in [0.2, 0.25) is 0 Å². The molecule has 1 N–H and O–H groups in total. The number of aromatic nitrogens is 4. The second-order valence-electron chi connectivity index (χ2n) is 7.35. The fourth-order valence-corrected chi connectivity index (χ4v) is 4.88. The highest BCUT2D eigenvalue weighted by atomic mass is 32.2. The maximum atomic E-state index is 14.7. The fourth-order valence-electron chi connectivity index (χ4n) is 3.59. The number of hydrogen-bond acceptors (Lipinski definition) is 7. The Balaban J connectivity index is 1.52. The molecule has 0 radical (unpaired) electrons. The van der Waals surface area contributed by atoms with Gasteiger partial charge in [-0.2, -0.15) is 18.0 Å². The van der Waals surface area contributed by atoms with Crippen LogP contribution in [0.25, 0.3) is 16.6 Å². The second kappa shape index (κ2) is 7.91. The minimum Gasteiger partial charge on any atom is -0.453 e. The summed E-state index contributed by atoms with van der Waals surface area (Å²) in [5, 5.41) is 18.1. The van der Waals surface area contributed by atoms with E-state index in [9.17, 15) is 22.5 Å². The molecule has 0 bridgehead atoms. The standard InChI is InChI=1S/C20H15F2N7O3S/c21-12-5-6-29(9-12)33(30,31)27-18-4-2-16(22)19(15(18)8-23)32-13-1-3-17-14(7-13)20-26-25-11-28(20)10-24-17/h1-4,7,10-12,27H,5-6,9H2/t12-/m1/s1.